The highest BCUT2D eigenvalue weighted by atomic mass is 32.2. The summed E-state index contributed by atoms with van der Waals surface area (Å²) in [7, 11) is -3.58. The van der Waals surface area contributed by atoms with E-state index in [4.69, 9.17) is 4.52 Å². The molecule has 184 valence electrons. The molecule has 0 bridgehead atoms. The molecule has 0 saturated carbocycles. The number of amides is 1. The van der Waals surface area contributed by atoms with Crippen LogP contribution >= 0.6 is 0 Å². The van der Waals surface area contributed by atoms with Crippen molar-refractivity contribution in [2.24, 2.45) is 0 Å². The highest BCUT2D eigenvalue weighted by molar-refractivity contribution is 7.89. The Hall–Kier alpha value is -3.43. The number of nitrogens with zero attached hydrogens (tertiary/aromatic N) is 3. The SMILES string of the molecule is CC(=O)Nc1c(C)noc1/C=C\c1ccc(S(=O)(=O)N2CCN(c3cccc(C)c3C)CC2)cc1. The summed E-state index contributed by atoms with van der Waals surface area (Å²) in [5.74, 6) is 0.214. The largest absolute Gasteiger partial charge is 0.369 e. The van der Waals surface area contributed by atoms with Crippen molar-refractivity contribution < 1.29 is 17.7 Å². The van der Waals surface area contributed by atoms with Gasteiger partial charge in [-0.3, -0.25) is 4.79 Å². The number of hydrogen-bond acceptors (Lipinski definition) is 6. The van der Waals surface area contributed by atoms with E-state index in [1.54, 1.807) is 47.6 Å². The van der Waals surface area contributed by atoms with Crippen LogP contribution in [0.15, 0.2) is 51.9 Å². The number of nitrogens with one attached hydrogen (secondary N) is 1. The molecule has 9 heteroatoms. The molecule has 1 aromatic heterocycles. The first-order valence-corrected chi connectivity index (χ1v) is 12.9. The second-order valence-electron chi connectivity index (χ2n) is 8.70. The molecule has 8 nitrogen and oxygen atoms in total. The second-order valence-corrected chi connectivity index (χ2v) is 10.6. The maximum Gasteiger partial charge on any atom is 0.243 e. The van der Waals surface area contributed by atoms with E-state index in [-0.39, 0.29) is 10.8 Å². The van der Waals surface area contributed by atoms with Gasteiger partial charge in [-0.15, -0.1) is 0 Å². The van der Waals surface area contributed by atoms with Gasteiger partial charge in [0.15, 0.2) is 5.76 Å². The van der Waals surface area contributed by atoms with Gasteiger partial charge in [-0.2, -0.15) is 4.31 Å². The number of aromatic nitrogens is 1. The molecule has 0 spiro atoms. The first-order valence-electron chi connectivity index (χ1n) is 11.5. The Labute approximate surface area is 206 Å². The van der Waals surface area contributed by atoms with Gasteiger partial charge in [-0.1, -0.05) is 35.5 Å². The van der Waals surface area contributed by atoms with Crippen molar-refractivity contribution in [1.29, 1.82) is 0 Å². The Morgan fingerprint density at radius 2 is 1.69 bits per heavy atom. The summed E-state index contributed by atoms with van der Waals surface area (Å²) in [4.78, 5) is 13.9. The van der Waals surface area contributed by atoms with E-state index in [9.17, 15) is 13.2 Å². The zero-order valence-corrected chi connectivity index (χ0v) is 21.2. The van der Waals surface area contributed by atoms with Crippen molar-refractivity contribution in [2.45, 2.75) is 32.6 Å². The first-order chi connectivity index (χ1) is 16.7. The predicted molar refractivity (Wildman–Crippen MR) is 138 cm³/mol. The van der Waals surface area contributed by atoms with Gasteiger partial charge in [-0.25, -0.2) is 8.42 Å². The molecule has 0 atom stereocenters. The van der Waals surface area contributed by atoms with Crippen LogP contribution in [-0.2, 0) is 14.8 Å². The van der Waals surface area contributed by atoms with Gasteiger partial charge >= 0.3 is 0 Å². The zero-order chi connectivity index (χ0) is 25.2. The maximum atomic E-state index is 13.2. The summed E-state index contributed by atoms with van der Waals surface area (Å²) in [6, 6.07) is 13.0. The predicted octanol–water partition coefficient (Wildman–Crippen LogP) is 4.24. The van der Waals surface area contributed by atoms with Crippen LogP contribution in [0.3, 0.4) is 0 Å². The Morgan fingerprint density at radius 3 is 2.34 bits per heavy atom. The number of rotatable bonds is 6. The van der Waals surface area contributed by atoms with Crippen molar-refractivity contribution in [3.63, 3.8) is 0 Å². The first kappa shape index (κ1) is 24.7. The normalized spacial score (nSPS) is 15.0. The Kier molecular flexibility index (Phi) is 7.09. The fraction of sp³-hybridized carbons (Fsp3) is 0.308. The summed E-state index contributed by atoms with van der Waals surface area (Å²) < 4.78 is 33.3. The topological polar surface area (TPSA) is 95.8 Å². The number of sulfonamides is 1. The fourth-order valence-corrected chi connectivity index (χ4v) is 5.57. The van der Waals surface area contributed by atoms with E-state index < -0.39 is 10.0 Å². The third-order valence-electron chi connectivity index (χ3n) is 6.29. The molecule has 0 unspecified atom stereocenters. The quantitative estimate of drug-likeness (QED) is 0.551. The van der Waals surface area contributed by atoms with Crippen LogP contribution in [0, 0.1) is 20.8 Å². The molecule has 1 aliphatic heterocycles. The van der Waals surface area contributed by atoms with Gasteiger partial charge < -0.3 is 14.7 Å². The van der Waals surface area contributed by atoms with Crippen LogP contribution in [-0.4, -0.2) is 50.0 Å². The molecule has 1 aliphatic rings. The molecule has 1 N–H and O–H groups in total. The van der Waals surface area contributed by atoms with Gasteiger partial charge in [0.05, 0.1) is 4.90 Å². The molecule has 1 amide bonds. The van der Waals surface area contributed by atoms with Crippen LogP contribution in [0.2, 0.25) is 0 Å². The van der Waals surface area contributed by atoms with Crippen molar-refractivity contribution >= 4 is 39.5 Å². The molecule has 4 rings (SSSR count). The number of piperazine rings is 1. The number of hydrogen-bond donors (Lipinski definition) is 1. The number of carbonyl (C=O) groups excluding carboxylic acids is 1. The van der Waals surface area contributed by atoms with Crippen molar-refractivity contribution in [3.05, 3.63) is 70.6 Å². The van der Waals surface area contributed by atoms with Gasteiger partial charge in [-0.05, 0) is 61.7 Å². The van der Waals surface area contributed by atoms with Gasteiger partial charge in [0.25, 0.3) is 0 Å². The summed E-state index contributed by atoms with van der Waals surface area (Å²) in [5, 5.41) is 6.59. The maximum absolute atomic E-state index is 13.2. The van der Waals surface area contributed by atoms with E-state index in [0.717, 1.165) is 5.56 Å². The van der Waals surface area contributed by atoms with Crippen LogP contribution in [0.4, 0.5) is 11.4 Å². The summed E-state index contributed by atoms with van der Waals surface area (Å²) >= 11 is 0. The van der Waals surface area contributed by atoms with Gasteiger partial charge in [0.1, 0.15) is 11.4 Å². The lowest BCUT2D eigenvalue weighted by Gasteiger charge is -2.36. The highest BCUT2D eigenvalue weighted by Gasteiger charge is 2.29. The zero-order valence-electron chi connectivity index (χ0n) is 20.4. The smallest absolute Gasteiger partial charge is 0.243 e. The summed E-state index contributed by atoms with van der Waals surface area (Å²) in [6.07, 6.45) is 3.48. The van der Waals surface area contributed by atoms with E-state index in [2.05, 4.69) is 41.4 Å². The Bertz CT molecular complexity index is 1350. The minimum absolute atomic E-state index is 0.213. The fourth-order valence-electron chi connectivity index (χ4n) is 4.15. The average Bonchev–Trinajstić information content (AvgIpc) is 3.18. The Balaban J connectivity index is 1.43. The number of anilines is 2. The average molecular weight is 495 g/mol. The van der Waals surface area contributed by atoms with E-state index in [1.807, 2.05) is 6.07 Å². The number of aryl methyl sites for hydroxylation is 2. The lowest BCUT2D eigenvalue weighted by Crippen LogP contribution is -2.48. The van der Waals surface area contributed by atoms with Gasteiger partial charge in [0.2, 0.25) is 15.9 Å². The molecule has 1 saturated heterocycles. The van der Waals surface area contributed by atoms with E-state index >= 15 is 0 Å². The van der Waals surface area contributed by atoms with Crippen molar-refractivity contribution in [2.75, 3.05) is 36.4 Å². The third kappa shape index (κ3) is 5.31. The number of carbonyl (C=O) groups is 1. The molecule has 0 aliphatic carbocycles. The summed E-state index contributed by atoms with van der Waals surface area (Å²) in [6.45, 7) is 9.54. The monoisotopic (exact) mass is 494 g/mol. The molecule has 35 heavy (non-hydrogen) atoms. The van der Waals surface area contributed by atoms with Crippen molar-refractivity contribution in [3.8, 4) is 0 Å². The molecule has 3 aromatic rings. The lowest BCUT2D eigenvalue weighted by molar-refractivity contribution is -0.114. The second kappa shape index (κ2) is 10.1. The van der Waals surface area contributed by atoms with Crippen LogP contribution in [0.25, 0.3) is 12.2 Å². The molecule has 1 fully saturated rings. The minimum Gasteiger partial charge on any atom is -0.369 e. The van der Waals surface area contributed by atoms with E-state index in [1.165, 1.54) is 23.7 Å². The van der Waals surface area contributed by atoms with Crippen LogP contribution in [0.1, 0.15) is 35.1 Å². The molecule has 0 radical (unpaired) electrons. The van der Waals surface area contributed by atoms with Crippen LogP contribution < -0.4 is 10.2 Å². The highest BCUT2D eigenvalue weighted by Crippen LogP contribution is 2.26. The molecule has 2 heterocycles. The standard InChI is InChI=1S/C26H30N4O4S/c1-18-6-5-7-24(19(18)2)29-14-16-30(17-15-29)35(32,33)23-11-8-22(9-12-23)10-13-25-26(27-21(4)31)20(3)28-34-25/h5-13H,14-17H2,1-4H3,(H,27,31)/b13-10-. The van der Waals surface area contributed by atoms with E-state index in [0.29, 0.717) is 43.3 Å². The lowest BCUT2D eigenvalue weighted by atomic mass is 10.1. The minimum atomic E-state index is -3.58. The van der Waals surface area contributed by atoms with Crippen LogP contribution in [0.5, 0.6) is 0 Å². The number of benzene rings is 2. The Morgan fingerprint density at radius 1 is 1.00 bits per heavy atom. The van der Waals surface area contributed by atoms with Gasteiger partial charge in [0, 0.05) is 38.8 Å². The molecule has 2 aromatic carbocycles. The third-order valence-corrected chi connectivity index (χ3v) is 8.20. The molecular weight excluding hydrogens is 464 g/mol. The molecular formula is C26H30N4O4S. The summed E-state index contributed by atoms with van der Waals surface area (Å²) in [5.41, 5.74) is 5.54. The van der Waals surface area contributed by atoms with Crippen molar-refractivity contribution in [1.82, 2.24) is 9.46 Å².